The third-order valence-electron chi connectivity index (χ3n) is 1.75. The summed E-state index contributed by atoms with van der Waals surface area (Å²) >= 11 is 5.90. The van der Waals surface area contributed by atoms with Crippen molar-refractivity contribution in [3.8, 4) is 0 Å². The molecule has 0 aliphatic carbocycles. The number of rotatable bonds is 2. The lowest BCUT2D eigenvalue weighted by atomic mass is 10.1. The Balaban J connectivity index is 3.07. The lowest BCUT2D eigenvalue weighted by Crippen LogP contribution is -2.03. The van der Waals surface area contributed by atoms with E-state index in [0.29, 0.717) is 10.6 Å². The van der Waals surface area contributed by atoms with Crippen molar-refractivity contribution in [3.05, 3.63) is 34.3 Å². The van der Waals surface area contributed by atoms with Crippen LogP contribution in [0.5, 0.6) is 0 Å². The monoisotopic (exact) mass is 186 g/mol. The van der Waals surface area contributed by atoms with E-state index in [4.69, 9.17) is 16.7 Å². The molecule has 1 aromatic rings. The molecule has 0 bridgehead atoms. The van der Waals surface area contributed by atoms with Crippen molar-refractivity contribution in [2.24, 2.45) is 0 Å². The van der Waals surface area contributed by atoms with Gasteiger partial charge in [0.15, 0.2) is 0 Å². The van der Waals surface area contributed by atoms with Crippen molar-refractivity contribution >= 4 is 11.6 Å². The Hall–Kier alpha value is -0.570. The molecule has 12 heavy (non-hydrogen) atoms. The highest BCUT2D eigenvalue weighted by Crippen LogP contribution is 2.25. The number of hydrogen-bond acceptors (Lipinski definition) is 2. The number of halogens is 1. The Kier molecular flexibility index (Phi) is 3.09. The van der Waals surface area contributed by atoms with Gasteiger partial charge in [-0.25, -0.2) is 0 Å². The van der Waals surface area contributed by atoms with Gasteiger partial charge in [0.25, 0.3) is 0 Å². The first-order valence-corrected chi connectivity index (χ1v) is 4.08. The number of aryl methyl sites for hydroxylation is 1. The summed E-state index contributed by atoms with van der Waals surface area (Å²) in [7, 11) is 0. The van der Waals surface area contributed by atoms with E-state index in [0.717, 1.165) is 5.56 Å². The van der Waals surface area contributed by atoms with Gasteiger partial charge in [-0.3, -0.25) is 0 Å². The van der Waals surface area contributed by atoms with Crippen LogP contribution in [0.4, 0.5) is 0 Å². The SMILES string of the molecule is Cc1cccc(C(O)CO)c1Cl. The average molecular weight is 187 g/mol. The van der Waals surface area contributed by atoms with Gasteiger partial charge in [-0.15, -0.1) is 0 Å². The molecular formula is C9H11ClO2. The largest absolute Gasteiger partial charge is 0.393 e. The van der Waals surface area contributed by atoms with Crippen molar-refractivity contribution in [1.82, 2.24) is 0 Å². The topological polar surface area (TPSA) is 40.5 Å². The molecule has 0 saturated carbocycles. The van der Waals surface area contributed by atoms with Gasteiger partial charge in [-0.2, -0.15) is 0 Å². The second kappa shape index (κ2) is 3.90. The summed E-state index contributed by atoms with van der Waals surface area (Å²) in [6.07, 6.45) is -0.877. The first-order chi connectivity index (χ1) is 5.66. The maximum atomic E-state index is 9.30. The van der Waals surface area contributed by atoms with Crippen LogP contribution in [-0.2, 0) is 0 Å². The number of aliphatic hydroxyl groups is 2. The predicted octanol–water partition coefficient (Wildman–Crippen LogP) is 1.67. The van der Waals surface area contributed by atoms with Crippen LogP contribution in [-0.4, -0.2) is 16.8 Å². The normalized spacial score (nSPS) is 13.0. The summed E-state index contributed by atoms with van der Waals surface area (Å²) in [6.45, 7) is 1.55. The quantitative estimate of drug-likeness (QED) is 0.738. The second-order valence-corrected chi connectivity index (χ2v) is 3.05. The van der Waals surface area contributed by atoms with Gasteiger partial charge in [0, 0.05) is 10.6 Å². The molecule has 0 spiro atoms. The summed E-state index contributed by atoms with van der Waals surface area (Å²) in [5.41, 5.74) is 1.49. The van der Waals surface area contributed by atoms with Crippen LogP contribution in [0, 0.1) is 6.92 Å². The smallest absolute Gasteiger partial charge is 0.103 e. The molecule has 0 heterocycles. The van der Waals surface area contributed by atoms with Crippen LogP contribution in [0.2, 0.25) is 5.02 Å². The predicted molar refractivity (Wildman–Crippen MR) is 48.2 cm³/mol. The van der Waals surface area contributed by atoms with Crippen molar-refractivity contribution in [3.63, 3.8) is 0 Å². The van der Waals surface area contributed by atoms with Crippen LogP contribution in [0.1, 0.15) is 17.2 Å². The maximum Gasteiger partial charge on any atom is 0.103 e. The summed E-state index contributed by atoms with van der Waals surface area (Å²) in [5, 5.41) is 18.5. The fourth-order valence-electron chi connectivity index (χ4n) is 1.03. The Morgan fingerprint density at radius 1 is 1.50 bits per heavy atom. The zero-order valence-corrected chi connectivity index (χ0v) is 7.54. The molecule has 0 fully saturated rings. The minimum atomic E-state index is -0.877. The summed E-state index contributed by atoms with van der Waals surface area (Å²) in [4.78, 5) is 0. The Bertz CT molecular complexity index is 273. The van der Waals surface area contributed by atoms with E-state index >= 15 is 0 Å². The molecule has 1 aromatic carbocycles. The second-order valence-electron chi connectivity index (χ2n) is 2.68. The Morgan fingerprint density at radius 3 is 2.75 bits per heavy atom. The summed E-state index contributed by atoms with van der Waals surface area (Å²) in [6, 6.07) is 5.36. The number of benzene rings is 1. The van der Waals surface area contributed by atoms with Crippen LogP contribution in [0.3, 0.4) is 0 Å². The van der Waals surface area contributed by atoms with Gasteiger partial charge >= 0.3 is 0 Å². The first-order valence-electron chi connectivity index (χ1n) is 3.70. The van der Waals surface area contributed by atoms with Gasteiger partial charge in [0.05, 0.1) is 6.61 Å². The van der Waals surface area contributed by atoms with Crippen molar-refractivity contribution in [1.29, 1.82) is 0 Å². The molecule has 0 aliphatic rings. The van der Waals surface area contributed by atoms with E-state index < -0.39 is 6.10 Å². The Labute approximate surface area is 76.4 Å². The molecular weight excluding hydrogens is 176 g/mol. The lowest BCUT2D eigenvalue weighted by molar-refractivity contribution is 0.0956. The summed E-state index contributed by atoms with van der Waals surface area (Å²) in [5.74, 6) is 0. The molecule has 0 radical (unpaired) electrons. The van der Waals surface area contributed by atoms with Crippen molar-refractivity contribution < 1.29 is 10.2 Å². The summed E-state index contributed by atoms with van der Waals surface area (Å²) < 4.78 is 0. The standard InChI is InChI=1S/C9H11ClO2/c1-6-3-2-4-7(9(6)10)8(12)5-11/h2-4,8,11-12H,5H2,1H3. The van der Waals surface area contributed by atoms with Crippen LogP contribution >= 0.6 is 11.6 Å². The van der Waals surface area contributed by atoms with Gasteiger partial charge in [0.1, 0.15) is 6.10 Å². The average Bonchev–Trinajstić information content (AvgIpc) is 2.08. The minimum Gasteiger partial charge on any atom is -0.393 e. The van der Waals surface area contributed by atoms with E-state index in [2.05, 4.69) is 0 Å². The van der Waals surface area contributed by atoms with E-state index in [1.165, 1.54) is 0 Å². The highest BCUT2D eigenvalue weighted by molar-refractivity contribution is 6.32. The van der Waals surface area contributed by atoms with E-state index in [1.54, 1.807) is 12.1 Å². The van der Waals surface area contributed by atoms with Gasteiger partial charge < -0.3 is 10.2 Å². The minimum absolute atomic E-state index is 0.302. The molecule has 2 nitrogen and oxygen atoms in total. The molecule has 66 valence electrons. The van der Waals surface area contributed by atoms with E-state index in [9.17, 15) is 5.11 Å². The van der Waals surface area contributed by atoms with Crippen LogP contribution < -0.4 is 0 Å². The molecule has 2 N–H and O–H groups in total. The molecule has 1 rings (SSSR count). The Morgan fingerprint density at radius 2 is 2.17 bits per heavy atom. The molecule has 0 aromatic heterocycles. The van der Waals surface area contributed by atoms with Crippen LogP contribution in [0.15, 0.2) is 18.2 Å². The number of aliphatic hydroxyl groups excluding tert-OH is 2. The third kappa shape index (κ3) is 1.78. The van der Waals surface area contributed by atoms with Gasteiger partial charge in [-0.1, -0.05) is 29.8 Å². The fraction of sp³-hybridized carbons (Fsp3) is 0.333. The molecule has 1 unspecified atom stereocenters. The zero-order chi connectivity index (χ0) is 9.14. The molecule has 0 amide bonds. The molecule has 1 atom stereocenters. The van der Waals surface area contributed by atoms with Crippen LogP contribution in [0.25, 0.3) is 0 Å². The lowest BCUT2D eigenvalue weighted by Gasteiger charge is -2.10. The molecule has 0 aliphatic heterocycles. The van der Waals surface area contributed by atoms with Gasteiger partial charge in [-0.05, 0) is 12.5 Å². The third-order valence-corrected chi connectivity index (χ3v) is 2.27. The highest BCUT2D eigenvalue weighted by atomic mass is 35.5. The zero-order valence-electron chi connectivity index (χ0n) is 6.79. The van der Waals surface area contributed by atoms with Crippen molar-refractivity contribution in [2.75, 3.05) is 6.61 Å². The highest BCUT2D eigenvalue weighted by Gasteiger charge is 2.10. The first kappa shape index (κ1) is 9.52. The molecule has 0 saturated heterocycles. The van der Waals surface area contributed by atoms with Gasteiger partial charge in [0.2, 0.25) is 0 Å². The van der Waals surface area contributed by atoms with Crippen molar-refractivity contribution in [2.45, 2.75) is 13.0 Å². The van der Waals surface area contributed by atoms with E-state index in [1.807, 2.05) is 13.0 Å². The number of hydrogen-bond donors (Lipinski definition) is 2. The fourth-order valence-corrected chi connectivity index (χ4v) is 1.28. The maximum absolute atomic E-state index is 9.30. The van der Waals surface area contributed by atoms with E-state index in [-0.39, 0.29) is 6.61 Å². The molecule has 3 heteroatoms.